The Hall–Kier alpha value is -3.75. The lowest BCUT2D eigenvalue weighted by atomic mass is 9.95. The highest BCUT2D eigenvalue weighted by molar-refractivity contribution is 6.10. The summed E-state index contributed by atoms with van der Waals surface area (Å²) in [4.78, 5) is 33.2. The lowest BCUT2D eigenvalue weighted by Gasteiger charge is -2.34. The van der Waals surface area contributed by atoms with Gasteiger partial charge in [0.1, 0.15) is 18.8 Å². The Balaban J connectivity index is 1.34. The molecule has 1 saturated heterocycles. The van der Waals surface area contributed by atoms with Crippen molar-refractivity contribution in [3.05, 3.63) is 77.6 Å². The van der Waals surface area contributed by atoms with Crippen LogP contribution in [0, 0.1) is 5.41 Å². The van der Waals surface area contributed by atoms with Crippen LogP contribution in [0.3, 0.4) is 0 Å². The summed E-state index contributed by atoms with van der Waals surface area (Å²) in [6.45, 7) is 5.24. The Morgan fingerprint density at radius 1 is 1.06 bits per heavy atom. The Labute approximate surface area is 209 Å². The minimum Gasteiger partial charge on any atom is -0.460 e. The van der Waals surface area contributed by atoms with Gasteiger partial charge in [0, 0.05) is 28.1 Å². The number of benzene rings is 2. The molecule has 2 aromatic carbocycles. The van der Waals surface area contributed by atoms with Gasteiger partial charge in [-0.15, -0.1) is 0 Å². The van der Waals surface area contributed by atoms with Crippen LogP contribution >= 0.6 is 0 Å². The largest absolute Gasteiger partial charge is 0.460 e. The maximum absolute atomic E-state index is 13.0. The SMILES string of the molecule is CC1(C)COC(Cc2nc(C(=O)NCC(=O)OCc3ccccc3)cc3c2[nH]c2ccccc23)OC1. The third-order valence-electron chi connectivity index (χ3n) is 6.12. The van der Waals surface area contributed by atoms with Gasteiger partial charge < -0.3 is 24.5 Å². The van der Waals surface area contributed by atoms with Crippen LogP contribution in [-0.4, -0.2) is 47.9 Å². The van der Waals surface area contributed by atoms with E-state index >= 15 is 0 Å². The second-order valence-corrected chi connectivity index (χ2v) is 9.80. The molecule has 8 nitrogen and oxygen atoms in total. The summed E-state index contributed by atoms with van der Waals surface area (Å²) in [6, 6.07) is 19.0. The van der Waals surface area contributed by atoms with Gasteiger partial charge in [-0.25, -0.2) is 4.98 Å². The molecule has 1 amide bonds. The number of carbonyl (C=O) groups is 2. The standard InChI is InChI=1S/C28H29N3O5/c1-28(2)16-35-25(36-17-28)13-22-26-20(19-10-6-7-11-21(19)31-26)12-23(30-22)27(33)29-14-24(32)34-15-18-8-4-3-5-9-18/h3-12,25,31H,13-17H2,1-2H3,(H,29,33). The number of carbonyl (C=O) groups excluding carboxylic acids is 2. The van der Waals surface area contributed by atoms with Crippen LogP contribution in [0.2, 0.25) is 0 Å². The molecule has 36 heavy (non-hydrogen) atoms. The number of pyridine rings is 1. The lowest BCUT2D eigenvalue weighted by Crippen LogP contribution is -2.39. The van der Waals surface area contributed by atoms with Gasteiger partial charge in [0.2, 0.25) is 0 Å². The molecule has 0 saturated carbocycles. The summed E-state index contributed by atoms with van der Waals surface area (Å²) in [5.41, 5.74) is 3.51. The molecule has 2 aromatic heterocycles. The van der Waals surface area contributed by atoms with Crippen molar-refractivity contribution in [2.75, 3.05) is 19.8 Å². The van der Waals surface area contributed by atoms with E-state index in [9.17, 15) is 9.59 Å². The molecular formula is C28H29N3O5. The summed E-state index contributed by atoms with van der Waals surface area (Å²) in [6.07, 6.45) is -0.0639. The number of aromatic nitrogens is 2. The quantitative estimate of drug-likeness (QED) is 0.380. The monoisotopic (exact) mass is 487 g/mol. The van der Waals surface area contributed by atoms with E-state index in [0.717, 1.165) is 27.4 Å². The van der Waals surface area contributed by atoms with Crippen LogP contribution in [0.25, 0.3) is 21.8 Å². The van der Waals surface area contributed by atoms with Crippen LogP contribution in [-0.2, 0) is 32.0 Å². The van der Waals surface area contributed by atoms with Crippen LogP contribution < -0.4 is 5.32 Å². The van der Waals surface area contributed by atoms with Gasteiger partial charge in [0.25, 0.3) is 5.91 Å². The number of aromatic amines is 1. The summed E-state index contributed by atoms with van der Waals surface area (Å²) >= 11 is 0. The van der Waals surface area contributed by atoms with E-state index in [1.165, 1.54) is 0 Å². The number of hydrogen-bond acceptors (Lipinski definition) is 6. The van der Waals surface area contributed by atoms with Crippen LogP contribution in [0.1, 0.15) is 35.6 Å². The number of H-pyrrole nitrogens is 1. The van der Waals surface area contributed by atoms with E-state index < -0.39 is 18.2 Å². The zero-order chi connectivity index (χ0) is 25.1. The van der Waals surface area contributed by atoms with E-state index in [1.54, 1.807) is 6.07 Å². The average molecular weight is 488 g/mol. The van der Waals surface area contributed by atoms with Gasteiger partial charge in [0.15, 0.2) is 6.29 Å². The van der Waals surface area contributed by atoms with Gasteiger partial charge in [-0.2, -0.15) is 0 Å². The second-order valence-electron chi connectivity index (χ2n) is 9.80. The molecule has 0 radical (unpaired) electrons. The van der Waals surface area contributed by atoms with Crippen molar-refractivity contribution in [2.45, 2.75) is 33.2 Å². The van der Waals surface area contributed by atoms with Crippen molar-refractivity contribution >= 4 is 33.7 Å². The molecule has 0 aliphatic carbocycles. The molecule has 1 aliphatic heterocycles. The highest BCUT2D eigenvalue weighted by Gasteiger charge is 2.29. The van der Waals surface area contributed by atoms with Crippen LogP contribution in [0.5, 0.6) is 0 Å². The van der Waals surface area contributed by atoms with Crippen molar-refractivity contribution in [3.8, 4) is 0 Å². The Bertz CT molecular complexity index is 1390. The molecule has 2 N–H and O–H groups in total. The first kappa shape index (κ1) is 24.0. The van der Waals surface area contributed by atoms with Crippen molar-refractivity contribution in [1.29, 1.82) is 0 Å². The topological polar surface area (TPSA) is 103 Å². The number of nitrogens with one attached hydrogen (secondary N) is 2. The lowest BCUT2D eigenvalue weighted by molar-refractivity contribution is -0.220. The summed E-state index contributed by atoms with van der Waals surface area (Å²) in [5, 5.41) is 4.50. The van der Waals surface area contributed by atoms with Crippen LogP contribution in [0.4, 0.5) is 0 Å². The molecular weight excluding hydrogens is 458 g/mol. The molecule has 1 aliphatic rings. The molecule has 186 valence electrons. The van der Waals surface area contributed by atoms with E-state index in [4.69, 9.17) is 14.2 Å². The fraction of sp³-hybridized carbons (Fsp3) is 0.321. The maximum atomic E-state index is 13.0. The van der Waals surface area contributed by atoms with Crippen LogP contribution in [0.15, 0.2) is 60.7 Å². The number of rotatable bonds is 7. The number of hydrogen-bond donors (Lipinski definition) is 2. The van der Waals surface area contributed by atoms with Crippen molar-refractivity contribution in [2.24, 2.45) is 5.41 Å². The van der Waals surface area contributed by atoms with E-state index in [2.05, 4.69) is 29.1 Å². The fourth-order valence-electron chi connectivity index (χ4n) is 4.21. The first-order chi connectivity index (χ1) is 17.4. The first-order valence-corrected chi connectivity index (χ1v) is 12.0. The van der Waals surface area contributed by atoms with Crippen molar-refractivity contribution < 1.29 is 23.8 Å². The molecule has 5 rings (SSSR count). The number of para-hydroxylation sites is 1. The normalized spacial score (nSPS) is 15.7. The molecule has 0 atom stereocenters. The molecule has 8 heteroatoms. The molecule has 0 bridgehead atoms. The minimum absolute atomic E-state index is 0.0444. The van der Waals surface area contributed by atoms with Gasteiger partial charge in [-0.3, -0.25) is 9.59 Å². The van der Waals surface area contributed by atoms with E-state index in [1.807, 2.05) is 54.6 Å². The van der Waals surface area contributed by atoms with Crippen molar-refractivity contribution in [3.63, 3.8) is 0 Å². The van der Waals surface area contributed by atoms with Gasteiger partial charge >= 0.3 is 5.97 Å². The van der Waals surface area contributed by atoms with Gasteiger partial charge in [-0.05, 0) is 17.7 Å². The molecule has 3 heterocycles. The number of fused-ring (bicyclic) bond motifs is 3. The van der Waals surface area contributed by atoms with Gasteiger partial charge in [0.05, 0.1) is 24.4 Å². The fourth-order valence-corrected chi connectivity index (χ4v) is 4.21. The molecule has 4 aromatic rings. The van der Waals surface area contributed by atoms with Crippen molar-refractivity contribution in [1.82, 2.24) is 15.3 Å². The number of nitrogens with zero attached hydrogens (tertiary/aromatic N) is 1. The number of amides is 1. The second kappa shape index (κ2) is 10.1. The van der Waals surface area contributed by atoms with Gasteiger partial charge in [-0.1, -0.05) is 62.4 Å². The zero-order valence-electron chi connectivity index (χ0n) is 20.4. The predicted octanol–water partition coefficient (Wildman–Crippen LogP) is 4.13. The third-order valence-corrected chi connectivity index (χ3v) is 6.12. The highest BCUT2D eigenvalue weighted by Crippen LogP contribution is 2.30. The molecule has 1 fully saturated rings. The Morgan fingerprint density at radius 2 is 1.78 bits per heavy atom. The summed E-state index contributed by atoms with van der Waals surface area (Å²) in [7, 11) is 0. The predicted molar refractivity (Wildman–Crippen MR) is 135 cm³/mol. The Kier molecular flexibility index (Phi) is 6.71. The zero-order valence-corrected chi connectivity index (χ0v) is 20.4. The first-order valence-electron chi connectivity index (χ1n) is 12.0. The molecule has 0 spiro atoms. The highest BCUT2D eigenvalue weighted by atomic mass is 16.7. The molecule has 0 unspecified atom stereocenters. The van der Waals surface area contributed by atoms with E-state index in [0.29, 0.717) is 25.3 Å². The number of ether oxygens (including phenoxy) is 3. The van der Waals surface area contributed by atoms with E-state index in [-0.39, 0.29) is 24.3 Å². The Morgan fingerprint density at radius 3 is 2.56 bits per heavy atom. The smallest absolute Gasteiger partial charge is 0.325 e. The minimum atomic E-state index is -0.521. The average Bonchev–Trinajstić information content (AvgIpc) is 3.27. The number of esters is 1. The third kappa shape index (κ3) is 5.40. The summed E-state index contributed by atoms with van der Waals surface area (Å²) in [5.74, 6) is -0.973. The summed E-state index contributed by atoms with van der Waals surface area (Å²) < 4.78 is 17.1. The maximum Gasteiger partial charge on any atom is 0.325 e.